The number of carbonyl (C=O) groups is 2. The van der Waals surface area contributed by atoms with Crippen molar-refractivity contribution in [1.82, 2.24) is 0 Å². The molecule has 6 nitrogen and oxygen atoms in total. The molecule has 0 spiro atoms. The van der Waals surface area contributed by atoms with E-state index < -0.39 is 11.9 Å². The maximum absolute atomic E-state index is 11.6. The van der Waals surface area contributed by atoms with Gasteiger partial charge in [0.2, 0.25) is 0 Å². The first-order valence-electron chi connectivity index (χ1n) is 5.90. The summed E-state index contributed by atoms with van der Waals surface area (Å²) in [4.78, 5) is 24.8. The number of anilines is 2. The zero-order valence-electron chi connectivity index (χ0n) is 12.0. The van der Waals surface area contributed by atoms with Gasteiger partial charge >= 0.3 is 11.9 Å². The van der Waals surface area contributed by atoms with E-state index in [2.05, 4.69) is 14.8 Å². The van der Waals surface area contributed by atoms with Gasteiger partial charge in [0.1, 0.15) is 5.70 Å². The van der Waals surface area contributed by atoms with Crippen molar-refractivity contribution < 1.29 is 19.1 Å². The number of nitrogens with zero attached hydrogens (tertiary/aromatic N) is 1. The number of benzene rings is 1. The van der Waals surface area contributed by atoms with Gasteiger partial charge in [-0.1, -0.05) is 6.07 Å². The van der Waals surface area contributed by atoms with E-state index in [1.54, 1.807) is 6.07 Å². The lowest BCUT2D eigenvalue weighted by Crippen LogP contribution is -2.16. The molecule has 0 heterocycles. The maximum atomic E-state index is 11.6. The smallest absolute Gasteiger partial charge is 0.354 e. The maximum Gasteiger partial charge on any atom is 0.354 e. The number of hydrogen-bond acceptors (Lipinski definition) is 6. The van der Waals surface area contributed by atoms with Crippen molar-refractivity contribution in [2.45, 2.75) is 0 Å². The van der Waals surface area contributed by atoms with Gasteiger partial charge in [-0.15, -0.1) is 0 Å². The molecule has 0 atom stereocenters. The summed E-state index contributed by atoms with van der Waals surface area (Å²) in [5, 5.41) is 2.85. The van der Waals surface area contributed by atoms with Gasteiger partial charge in [-0.25, -0.2) is 9.59 Å². The third-order valence-corrected chi connectivity index (χ3v) is 2.51. The van der Waals surface area contributed by atoms with Gasteiger partial charge in [-0.3, -0.25) is 0 Å². The van der Waals surface area contributed by atoms with Crippen molar-refractivity contribution >= 4 is 23.3 Å². The van der Waals surface area contributed by atoms with E-state index in [9.17, 15) is 9.59 Å². The zero-order valence-corrected chi connectivity index (χ0v) is 12.0. The molecule has 0 aliphatic heterocycles. The molecule has 0 aliphatic carbocycles. The summed E-state index contributed by atoms with van der Waals surface area (Å²) in [5.74, 6) is -1.28. The molecule has 6 heteroatoms. The van der Waals surface area contributed by atoms with Crippen LogP contribution in [0.25, 0.3) is 0 Å². The van der Waals surface area contributed by atoms with Crippen LogP contribution in [0.15, 0.2) is 36.0 Å². The molecule has 0 unspecified atom stereocenters. The number of esters is 2. The lowest BCUT2D eigenvalue weighted by atomic mass is 10.2. The first-order valence-corrected chi connectivity index (χ1v) is 5.90. The van der Waals surface area contributed by atoms with Gasteiger partial charge in [-0.2, -0.15) is 0 Å². The molecule has 0 aliphatic rings. The molecule has 0 saturated heterocycles. The van der Waals surface area contributed by atoms with Gasteiger partial charge in [0.05, 0.1) is 20.3 Å². The Balaban J connectivity index is 3.01. The highest BCUT2D eigenvalue weighted by Crippen LogP contribution is 2.19. The molecule has 1 N–H and O–H groups in total. The Morgan fingerprint density at radius 3 is 2.45 bits per heavy atom. The van der Waals surface area contributed by atoms with Crippen LogP contribution in [0.5, 0.6) is 0 Å². The highest BCUT2D eigenvalue weighted by atomic mass is 16.5. The lowest BCUT2D eigenvalue weighted by molar-refractivity contribution is -0.138. The number of nitrogens with one attached hydrogen (secondary N) is 1. The molecular weight excluding hydrogens is 260 g/mol. The first-order chi connectivity index (χ1) is 9.47. The Labute approximate surface area is 118 Å². The summed E-state index contributed by atoms with van der Waals surface area (Å²) >= 11 is 0. The van der Waals surface area contributed by atoms with E-state index in [1.807, 2.05) is 37.2 Å². The Hall–Kier alpha value is -2.50. The van der Waals surface area contributed by atoms with Gasteiger partial charge < -0.3 is 19.7 Å². The van der Waals surface area contributed by atoms with Crippen molar-refractivity contribution in [2.24, 2.45) is 0 Å². The molecule has 0 bridgehead atoms. The molecule has 0 fully saturated rings. The van der Waals surface area contributed by atoms with Crippen molar-refractivity contribution in [1.29, 1.82) is 0 Å². The summed E-state index contributed by atoms with van der Waals surface area (Å²) in [6.07, 6.45) is 1.05. The Bertz CT molecular complexity index is 524. The molecule has 0 radical (unpaired) electrons. The predicted molar refractivity (Wildman–Crippen MR) is 76.5 cm³/mol. The molecule has 1 aromatic rings. The van der Waals surface area contributed by atoms with Crippen molar-refractivity contribution in [3.63, 3.8) is 0 Å². The molecule has 0 aromatic heterocycles. The minimum Gasteiger partial charge on any atom is -0.466 e. The van der Waals surface area contributed by atoms with E-state index in [4.69, 9.17) is 0 Å². The lowest BCUT2D eigenvalue weighted by Gasteiger charge is -2.15. The molecule has 1 rings (SSSR count). The summed E-state index contributed by atoms with van der Waals surface area (Å²) in [6.45, 7) is 0. The van der Waals surface area contributed by atoms with E-state index in [0.29, 0.717) is 5.69 Å². The first kappa shape index (κ1) is 15.6. The minimum atomic E-state index is -0.648. The van der Waals surface area contributed by atoms with Crippen LogP contribution in [0.1, 0.15) is 0 Å². The van der Waals surface area contributed by atoms with Gasteiger partial charge in [0.15, 0.2) is 0 Å². The Kier molecular flexibility index (Phi) is 5.58. The second kappa shape index (κ2) is 7.18. The van der Waals surface area contributed by atoms with Crippen LogP contribution in [-0.2, 0) is 19.1 Å². The minimum absolute atomic E-state index is 0.00950. The molecule has 108 valence electrons. The van der Waals surface area contributed by atoms with Crippen molar-refractivity contribution in [3.05, 3.63) is 36.0 Å². The topological polar surface area (TPSA) is 67.9 Å². The molecule has 1 aromatic carbocycles. The van der Waals surface area contributed by atoms with E-state index >= 15 is 0 Å². The SMILES string of the molecule is COC(=O)/C=C(/Nc1cccc(N(C)C)c1)C(=O)OC. The van der Waals surface area contributed by atoms with Crippen LogP contribution in [-0.4, -0.2) is 40.3 Å². The second-order valence-corrected chi connectivity index (χ2v) is 4.14. The predicted octanol–water partition coefficient (Wildman–Crippen LogP) is 1.39. The van der Waals surface area contributed by atoms with Gasteiger partial charge in [0, 0.05) is 25.5 Å². The van der Waals surface area contributed by atoms with Gasteiger partial charge in [0.25, 0.3) is 0 Å². The van der Waals surface area contributed by atoms with Crippen molar-refractivity contribution in [3.8, 4) is 0 Å². The number of methoxy groups -OCH3 is 2. The monoisotopic (exact) mass is 278 g/mol. The largest absolute Gasteiger partial charge is 0.466 e. The molecule has 0 saturated carbocycles. The van der Waals surface area contributed by atoms with Crippen LogP contribution in [0.2, 0.25) is 0 Å². The third kappa shape index (κ3) is 4.31. The average molecular weight is 278 g/mol. The van der Waals surface area contributed by atoms with Crippen LogP contribution in [0.4, 0.5) is 11.4 Å². The number of carbonyl (C=O) groups excluding carboxylic acids is 2. The summed E-state index contributed by atoms with van der Waals surface area (Å²) in [7, 11) is 6.29. The van der Waals surface area contributed by atoms with Crippen LogP contribution in [0.3, 0.4) is 0 Å². The van der Waals surface area contributed by atoms with Gasteiger partial charge in [-0.05, 0) is 18.2 Å². The molecular formula is C14H18N2O4. The fourth-order valence-corrected chi connectivity index (χ4v) is 1.45. The molecule has 0 amide bonds. The van der Waals surface area contributed by atoms with Crippen LogP contribution in [0, 0.1) is 0 Å². The highest BCUT2D eigenvalue weighted by Gasteiger charge is 2.13. The Morgan fingerprint density at radius 2 is 1.90 bits per heavy atom. The van der Waals surface area contributed by atoms with E-state index in [1.165, 1.54) is 14.2 Å². The number of hydrogen-bond donors (Lipinski definition) is 1. The average Bonchev–Trinajstić information content (AvgIpc) is 2.45. The summed E-state index contributed by atoms with van der Waals surface area (Å²) in [6, 6.07) is 7.38. The highest BCUT2D eigenvalue weighted by molar-refractivity contribution is 5.98. The standard InChI is InChI=1S/C14H18N2O4/c1-16(2)11-7-5-6-10(8-11)15-12(14(18)20-4)9-13(17)19-3/h5-9,15H,1-4H3/b12-9+. The quantitative estimate of drug-likeness (QED) is 0.648. The van der Waals surface area contributed by atoms with E-state index in [-0.39, 0.29) is 5.70 Å². The summed E-state index contributed by atoms with van der Waals surface area (Å²) in [5.41, 5.74) is 1.63. The number of ether oxygens (including phenoxy) is 2. The zero-order chi connectivity index (χ0) is 15.1. The van der Waals surface area contributed by atoms with Crippen molar-refractivity contribution in [2.75, 3.05) is 38.5 Å². The third-order valence-electron chi connectivity index (χ3n) is 2.51. The summed E-state index contributed by atoms with van der Waals surface area (Å²) < 4.78 is 9.12. The van der Waals surface area contributed by atoms with Crippen LogP contribution >= 0.6 is 0 Å². The fourth-order valence-electron chi connectivity index (χ4n) is 1.45. The van der Waals surface area contributed by atoms with Crippen LogP contribution < -0.4 is 10.2 Å². The van der Waals surface area contributed by atoms with E-state index in [0.717, 1.165) is 11.8 Å². The normalized spacial score (nSPS) is 10.7. The fraction of sp³-hybridized carbons (Fsp3) is 0.286. The second-order valence-electron chi connectivity index (χ2n) is 4.14. The number of rotatable bonds is 5. The Morgan fingerprint density at radius 1 is 1.20 bits per heavy atom. The molecule has 20 heavy (non-hydrogen) atoms.